The van der Waals surface area contributed by atoms with Crippen LogP contribution in [0.25, 0.3) is 5.69 Å². The number of nitrogens with zero attached hydrogens (tertiary/aromatic N) is 2. The van der Waals surface area contributed by atoms with Crippen LogP contribution in [0.5, 0.6) is 0 Å². The van der Waals surface area contributed by atoms with Gasteiger partial charge in [-0.15, -0.1) is 0 Å². The Labute approximate surface area is 156 Å². The third kappa shape index (κ3) is 3.43. The normalized spacial score (nSPS) is 11.4. The maximum absolute atomic E-state index is 12.8. The first-order chi connectivity index (χ1) is 12.7. The Hall–Kier alpha value is -3.13. The number of nitrogens with one attached hydrogen (secondary N) is 1. The summed E-state index contributed by atoms with van der Waals surface area (Å²) in [5, 5.41) is 0. The highest BCUT2D eigenvalue weighted by atomic mass is 32.2. The molecule has 3 aromatic rings. The van der Waals surface area contributed by atoms with Gasteiger partial charge in [0.15, 0.2) is 5.78 Å². The molecule has 140 valence electrons. The first kappa shape index (κ1) is 18.7. The molecule has 8 heteroatoms. The highest BCUT2D eigenvalue weighted by Gasteiger charge is 2.22. The summed E-state index contributed by atoms with van der Waals surface area (Å²) in [7, 11) is -2.29. The summed E-state index contributed by atoms with van der Waals surface area (Å²) in [4.78, 5) is 24.2. The van der Waals surface area contributed by atoms with Gasteiger partial charge in [-0.2, -0.15) is 0 Å². The van der Waals surface area contributed by atoms with Crippen molar-refractivity contribution in [1.82, 2.24) is 9.36 Å². The first-order valence-corrected chi connectivity index (χ1v) is 9.68. The van der Waals surface area contributed by atoms with E-state index in [-0.39, 0.29) is 16.4 Å². The van der Waals surface area contributed by atoms with Crippen LogP contribution >= 0.6 is 0 Å². The highest BCUT2D eigenvalue weighted by molar-refractivity contribution is 7.92. The third-order valence-corrected chi connectivity index (χ3v) is 5.73. The predicted molar refractivity (Wildman–Crippen MR) is 103 cm³/mol. The monoisotopic (exact) mass is 385 g/mol. The van der Waals surface area contributed by atoms with E-state index in [4.69, 9.17) is 0 Å². The molecule has 1 N–H and O–H groups in total. The minimum Gasteiger partial charge on any atom is -0.295 e. The summed E-state index contributed by atoms with van der Waals surface area (Å²) >= 11 is 0. The molecule has 1 aromatic heterocycles. The zero-order chi connectivity index (χ0) is 19.8. The van der Waals surface area contributed by atoms with Crippen LogP contribution in [0.3, 0.4) is 0 Å². The summed E-state index contributed by atoms with van der Waals surface area (Å²) in [6, 6.07) is 14.5. The van der Waals surface area contributed by atoms with Crippen molar-refractivity contribution in [1.29, 1.82) is 0 Å². The minimum atomic E-state index is -3.97. The van der Waals surface area contributed by atoms with Crippen molar-refractivity contribution in [3.05, 3.63) is 76.2 Å². The Morgan fingerprint density at radius 3 is 2.15 bits per heavy atom. The van der Waals surface area contributed by atoms with Crippen LogP contribution in [0.4, 0.5) is 5.69 Å². The highest BCUT2D eigenvalue weighted by Crippen LogP contribution is 2.19. The standard InChI is InChI=1S/C19H19N3O4S/c1-13-18(19(24)22(21(13)3)16-7-5-4-6-8-16)20-27(25,26)17-11-9-15(10-12-17)14(2)23/h4-12,20H,1-3H3. The number of rotatable bonds is 5. The lowest BCUT2D eigenvalue weighted by atomic mass is 10.2. The number of ketones is 1. The molecule has 0 aliphatic rings. The SMILES string of the molecule is CC(=O)c1ccc(S(=O)(=O)Nc2c(C)n(C)n(-c3ccccc3)c2=O)cc1. The lowest BCUT2D eigenvalue weighted by Gasteiger charge is -2.08. The Balaban J connectivity index is 2.03. The molecule has 0 atom stereocenters. The van der Waals surface area contributed by atoms with Gasteiger partial charge in [0.25, 0.3) is 15.6 Å². The number of para-hydroxylation sites is 1. The van der Waals surface area contributed by atoms with Crippen LogP contribution in [-0.4, -0.2) is 23.6 Å². The van der Waals surface area contributed by atoms with Crippen molar-refractivity contribution < 1.29 is 13.2 Å². The molecule has 0 amide bonds. The van der Waals surface area contributed by atoms with Crippen molar-refractivity contribution in [2.45, 2.75) is 18.7 Å². The summed E-state index contributed by atoms with van der Waals surface area (Å²) in [5.41, 5.74) is 1.04. The van der Waals surface area contributed by atoms with Crippen LogP contribution in [0.1, 0.15) is 23.0 Å². The second-order valence-electron chi connectivity index (χ2n) is 6.12. The summed E-state index contributed by atoms with van der Waals surface area (Å²) in [6.07, 6.45) is 0. The van der Waals surface area contributed by atoms with E-state index in [0.29, 0.717) is 16.9 Å². The van der Waals surface area contributed by atoms with Gasteiger partial charge in [-0.25, -0.2) is 13.1 Å². The molecule has 0 radical (unpaired) electrons. The molecular weight excluding hydrogens is 366 g/mol. The van der Waals surface area contributed by atoms with Gasteiger partial charge in [-0.3, -0.25) is 19.0 Å². The maximum atomic E-state index is 12.8. The van der Waals surface area contributed by atoms with Crippen LogP contribution in [0.2, 0.25) is 0 Å². The first-order valence-electron chi connectivity index (χ1n) is 8.20. The summed E-state index contributed by atoms with van der Waals surface area (Å²) < 4.78 is 30.8. The molecule has 3 rings (SSSR count). The largest absolute Gasteiger partial charge is 0.296 e. The van der Waals surface area contributed by atoms with E-state index in [2.05, 4.69) is 4.72 Å². The van der Waals surface area contributed by atoms with Gasteiger partial charge < -0.3 is 0 Å². The minimum absolute atomic E-state index is 0.0167. The molecule has 27 heavy (non-hydrogen) atoms. The van der Waals surface area contributed by atoms with E-state index in [1.807, 2.05) is 6.07 Å². The van der Waals surface area contributed by atoms with Gasteiger partial charge in [-0.05, 0) is 38.1 Å². The zero-order valence-electron chi connectivity index (χ0n) is 15.1. The average molecular weight is 385 g/mol. The number of aromatic nitrogens is 2. The molecule has 0 aliphatic heterocycles. The molecule has 7 nitrogen and oxygen atoms in total. The molecule has 0 bridgehead atoms. The number of anilines is 1. The lowest BCUT2D eigenvalue weighted by molar-refractivity contribution is 0.101. The number of benzene rings is 2. The van der Waals surface area contributed by atoms with Gasteiger partial charge in [-0.1, -0.05) is 30.3 Å². The van der Waals surface area contributed by atoms with Gasteiger partial charge in [0, 0.05) is 12.6 Å². The van der Waals surface area contributed by atoms with Gasteiger partial charge in [0.05, 0.1) is 16.3 Å². The van der Waals surface area contributed by atoms with Gasteiger partial charge >= 0.3 is 0 Å². The maximum Gasteiger partial charge on any atom is 0.296 e. The van der Waals surface area contributed by atoms with Crippen LogP contribution in [-0.2, 0) is 17.1 Å². The number of hydrogen-bond donors (Lipinski definition) is 1. The number of Topliss-reactive ketones (excluding diaryl/α,β-unsaturated/α-hetero) is 1. The van der Waals surface area contributed by atoms with E-state index in [0.717, 1.165) is 0 Å². The molecule has 2 aromatic carbocycles. The fraction of sp³-hybridized carbons (Fsp3) is 0.158. The van der Waals surface area contributed by atoms with Crippen LogP contribution in [0.15, 0.2) is 64.3 Å². The summed E-state index contributed by atoms with van der Waals surface area (Å²) in [5.74, 6) is -0.156. The number of carbonyl (C=O) groups is 1. The smallest absolute Gasteiger partial charge is 0.295 e. The number of sulfonamides is 1. The van der Waals surface area contributed by atoms with Gasteiger partial charge in [0.2, 0.25) is 0 Å². The van der Waals surface area contributed by atoms with E-state index in [9.17, 15) is 18.0 Å². The molecule has 0 fully saturated rings. The Bertz CT molecular complexity index is 1160. The molecular formula is C19H19N3O4S. The lowest BCUT2D eigenvalue weighted by Crippen LogP contribution is -2.23. The van der Waals surface area contributed by atoms with Crippen molar-refractivity contribution in [3.8, 4) is 5.69 Å². The number of hydrogen-bond acceptors (Lipinski definition) is 4. The molecule has 0 aliphatic carbocycles. The predicted octanol–water partition coefficient (Wildman–Crippen LogP) is 2.49. The fourth-order valence-corrected chi connectivity index (χ4v) is 3.86. The summed E-state index contributed by atoms with van der Waals surface area (Å²) in [6.45, 7) is 3.07. The van der Waals surface area contributed by atoms with Crippen molar-refractivity contribution >= 4 is 21.5 Å². The number of carbonyl (C=O) groups excluding carboxylic acids is 1. The van der Waals surface area contributed by atoms with E-state index >= 15 is 0 Å². The second kappa shape index (κ2) is 6.88. The van der Waals surface area contributed by atoms with Gasteiger partial charge in [0.1, 0.15) is 5.69 Å². The van der Waals surface area contributed by atoms with Crippen molar-refractivity contribution in [2.24, 2.45) is 7.05 Å². The Morgan fingerprint density at radius 1 is 1.00 bits per heavy atom. The molecule has 0 saturated carbocycles. The molecule has 0 saturated heterocycles. The molecule has 0 spiro atoms. The third-order valence-electron chi connectivity index (χ3n) is 4.36. The topological polar surface area (TPSA) is 90.2 Å². The van der Waals surface area contributed by atoms with Crippen molar-refractivity contribution in [2.75, 3.05) is 4.72 Å². The van der Waals surface area contributed by atoms with Crippen LogP contribution < -0.4 is 10.3 Å². The Kier molecular flexibility index (Phi) is 4.75. The van der Waals surface area contributed by atoms with E-state index in [1.54, 1.807) is 42.9 Å². The zero-order valence-corrected chi connectivity index (χ0v) is 15.9. The van der Waals surface area contributed by atoms with E-state index in [1.165, 1.54) is 35.9 Å². The molecule has 0 unspecified atom stereocenters. The quantitative estimate of drug-likeness (QED) is 0.683. The Morgan fingerprint density at radius 2 is 1.59 bits per heavy atom. The van der Waals surface area contributed by atoms with Crippen molar-refractivity contribution in [3.63, 3.8) is 0 Å². The van der Waals surface area contributed by atoms with E-state index < -0.39 is 15.6 Å². The molecule has 1 heterocycles. The second-order valence-corrected chi connectivity index (χ2v) is 7.80. The van der Waals surface area contributed by atoms with Crippen LogP contribution in [0, 0.1) is 6.92 Å². The fourth-order valence-electron chi connectivity index (χ4n) is 2.75. The average Bonchev–Trinajstić information content (AvgIpc) is 2.85.